The zero-order chi connectivity index (χ0) is 21.9. The van der Waals surface area contributed by atoms with Crippen LogP contribution < -0.4 is 5.32 Å². The Kier molecular flexibility index (Phi) is 6.28. The molecule has 2 aromatic carbocycles. The lowest BCUT2D eigenvalue weighted by Crippen LogP contribution is -2.15. The summed E-state index contributed by atoms with van der Waals surface area (Å²) in [6.07, 6.45) is 0.0778. The summed E-state index contributed by atoms with van der Waals surface area (Å²) in [7, 11) is -3.35. The monoisotopic (exact) mass is 445 g/mol. The molecule has 156 valence electrons. The van der Waals surface area contributed by atoms with Crippen LogP contribution in [0.1, 0.15) is 19.4 Å². The molecule has 1 N–H and O–H groups in total. The smallest absolute Gasteiger partial charge is 0.269 e. The number of nitro benzene ring substituents is 1. The highest BCUT2D eigenvalue weighted by Gasteiger charge is 2.19. The average molecular weight is 446 g/mol. The highest BCUT2D eigenvalue weighted by Crippen LogP contribution is 2.26. The summed E-state index contributed by atoms with van der Waals surface area (Å²) in [6, 6.07) is 12.3. The molecule has 0 aliphatic rings. The van der Waals surface area contributed by atoms with E-state index in [1.54, 1.807) is 43.5 Å². The Morgan fingerprint density at radius 2 is 1.77 bits per heavy atom. The van der Waals surface area contributed by atoms with E-state index in [-0.39, 0.29) is 22.9 Å². The van der Waals surface area contributed by atoms with Crippen molar-refractivity contribution in [2.24, 2.45) is 0 Å². The maximum absolute atomic E-state index is 12.3. The van der Waals surface area contributed by atoms with Gasteiger partial charge in [0.25, 0.3) is 5.69 Å². The number of hydrogen-bond donors (Lipinski definition) is 1. The van der Waals surface area contributed by atoms with Crippen molar-refractivity contribution in [3.8, 4) is 11.3 Å². The molecule has 0 fully saturated rings. The Labute approximate surface area is 177 Å². The predicted molar refractivity (Wildman–Crippen MR) is 115 cm³/mol. The fourth-order valence-electron chi connectivity index (χ4n) is 2.64. The standard InChI is InChI=1S/C20H19N3O5S2/c1-13(2)30(27,28)17-9-3-14(4-10-17)11-19(24)22-20-21-18(12-29-20)15-5-7-16(8-6-15)23(25)26/h3-10,12-13H,11H2,1-2H3,(H,21,22,24). The minimum absolute atomic E-state index is 0.00489. The van der Waals surface area contributed by atoms with Gasteiger partial charge in [-0.1, -0.05) is 12.1 Å². The first-order valence-corrected chi connectivity index (χ1v) is 11.4. The van der Waals surface area contributed by atoms with Crippen LogP contribution in [-0.4, -0.2) is 29.5 Å². The normalized spacial score (nSPS) is 11.4. The number of carbonyl (C=O) groups is 1. The Bertz CT molecular complexity index is 1170. The zero-order valence-corrected chi connectivity index (χ0v) is 17.9. The van der Waals surface area contributed by atoms with E-state index >= 15 is 0 Å². The molecule has 0 atom stereocenters. The molecule has 1 amide bonds. The van der Waals surface area contributed by atoms with Gasteiger partial charge < -0.3 is 5.32 Å². The van der Waals surface area contributed by atoms with E-state index in [4.69, 9.17) is 0 Å². The number of anilines is 1. The van der Waals surface area contributed by atoms with Gasteiger partial charge >= 0.3 is 0 Å². The molecular weight excluding hydrogens is 426 g/mol. The molecule has 0 saturated heterocycles. The molecular formula is C20H19N3O5S2. The van der Waals surface area contributed by atoms with Gasteiger partial charge in [-0.15, -0.1) is 11.3 Å². The number of nitrogens with one attached hydrogen (secondary N) is 1. The molecule has 0 saturated carbocycles. The Hall–Kier alpha value is -3.11. The van der Waals surface area contributed by atoms with Crippen molar-refractivity contribution in [1.82, 2.24) is 4.98 Å². The minimum atomic E-state index is -3.35. The van der Waals surface area contributed by atoms with Gasteiger partial charge in [-0.2, -0.15) is 0 Å². The van der Waals surface area contributed by atoms with Crippen LogP contribution >= 0.6 is 11.3 Å². The number of hydrogen-bond acceptors (Lipinski definition) is 7. The fourth-order valence-corrected chi connectivity index (χ4v) is 4.43. The maximum atomic E-state index is 12.3. The lowest BCUT2D eigenvalue weighted by molar-refractivity contribution is -0.384. The molecule has 3 aromatic rings. The summed E-state index contributed by atoms with van der Waals surface area (Å²) in [6.45, 7) is 3.24. The number of nitro groups is 1. The first-order chi connectivity index (χ1) is 14.2. The Morgan fingerprint density at radius 3 is 2.33 bits per heavy atom. The topological polar surface area (TPSA) is 119 Å². The van der Waals surface area contributed by atoms with Crippen molar-refractivity contribution in [3.63, 3.8) is 0 Å². The van der Waals surface area contributed by atoms with Gasteiger partial charge in [0.15, 0.2) is 15.0 Å². The van der Waals surface area contributed by atoms with E-state index in [2.05, 4.69) is 10.3 Å². The number of aromatic nitrogens is 1. The second kappa shape index (κ2) is 8.72. The first kappa shape index (κ1) is 21.6. The highest BCUT2D eigenvalue weighted by atomic mass is 32.2. The van der Waals surface area contributed by atoms with Crippen molar-refractivity contribution in [2.45, 2.75) is 30.4 Å². The summed E-state index contributed by atoms with van der Waals surface area (Å²) < 4.78 is 24.3. The van der Waals surface area contributed by atoms with Gasteiger partial charge in [-0.25, -0.2) is 13.4 Å². The van der Waals surface area contributed by atoms with Gasteiger partial charge in [0.1, 0.15) is 0 Å². The quantitative estimate of drug-likeness (QED) is 0.432. The van der Waals surface area contributed by atoms with E-state index in [1.165, 1.54) is 35.6 Å². The molecule has 0 unspecified atom stereocenters. The van der Waals surface area contributed by atoms with Gasteiger partial charge in [-0.05, 0) is 43.7 Å². The molecule has 10 heteroatoms. The Morgan fingerprint density at radius 1 is 1.13 bits per heavy atom. The van der Waals surface area contributed by atoms with Crippen LogP contribution in [0.5, 0.6) is 0 Å². The first-order valence-electron chi connectivity index (χ1n) is 9.00. The van der Waals surface area contributed by atoms with Crippen LogP contribution in [-0.2, 0) is 21.1 Å². The lowest BCUT2D eigenvalue weighted by Gasteiger charge is -2.08. The molecule has 0 spiro atoms. The number of sulfone groups is 1. The van der Waals surface area contributed by atoms with Crippen molar-refractivity contribution in [3.05, 3.63) is 69.6 Å². The summed E-state index contributed by atoms with van der Waals surface area (Å²) in [5, 5.41) is 15.1. The average Bonchev–Trinajstić information content (AvgIpc) is 3.16. The van der Waals surface area contributed by atoms with Crippen molar-refractivity contribution >= 4 is 37.9 Å². The second-order valence-corrected chi connectivity index (χ2v) is 10.2. The molecule has 1 heterocycles. The van der Waals surface area contributed by atoms with E-state index in [9.17, 15) is 23.3 Å². The van der Waals surface area contributed by atoms with Crippen LogP contribution in [0.15, 0.2) is 58.8 Å². The Balaban J connectivity index is 1.64. The molecule has 0 aliphatic heterocycles. The van der Waals surface area contributed by atoms with Gasteiger partial charge in [-0.3, -0.25) is 14.9 Å². The van der Waals surface area contributed by atoms with Crippen molar-refractivity contribution < 1.29 is 18.1 Å². The van der Waals surface area contributed by atoms with E-state index in [1.807, 2.05) is 0 Å². The molecule has 0 bridgehead atoms. The van der Waals surface area contributed by atoms with Crippen molar-refractivity contribution in [1.29, 1.82) is 0 Å². The molecule has 0 radical (unpaired) electrons. The van der Waals surface area contributed by atoms with E-state index in [0.717, 1.165) is 0 Å². The number of nitrogens with zero attached hydrogens (tertiary/aromatic N) is 2. The highest BCUT2D eigenvalue weighted by molar-refractivity contribution is 7.92. The lowest BCUT2D eigenvalue weighted by atomic mass is 10.1. The molecule has 3 rings (SSSR count). The SMILES string of the molecule is CC(C)S(=O)(=O)c1ccc(CC(=O)Nc2nc(-c3ccc([N+](=O)[O-])cc3)cs2)cc1. The maximum Gasteiger partial charge on any atom is 0.269 e. The van der Waals surface area contributed by atoms with E-state index in [0.29, 0.717) is 22.0 Å². The number of amides is 1. The number of thiazole rings is 1. The molecule has 1 aromatic heterocycles. The summed E-state index contributed by atoms with van der Waals surface area (Å²) in [5.74, 6) is -0.279. The third kappa shape index (κ3) is 4.89. The second-order valence-electron chi connectivity index (χ2n) is 6.80. The summed E-state index contributed by atoms with van der Waals surface area (Å²) in [4.78, 5) is 27.1. The van der Waals surface area contributed by atoms with Crippen LogP contribution in [0.25, 0.3) is 11.3 Å². The van der Waals surface area contributed by atoms with Crippen molar-refractivity contribution in [2.75, 3.05) is 5.32 Å². The fraction of sp³-hybridized carbons (Fsp3) is 0.200. The van der Waals surface area contributed by atoms with Gasteiger partial charge in [0, 0.05) is 23.1 Å². The third-order valence-electron chi connectivity index (χ3n) is 4.36. The molecule has 0 aliphatic carbocycles. The van der Waals surface area contributed by atoms with Crippen LogP contribution in [0.3, 0.4) is 0 Å². The summed E-state index contributed by atoms with van der Waals surface area (Å²) in [5.41, 5.74) is 1.99. The van der Waals surface area contributed by atoms with Crippen LogP contribution in [0.2, 0.25) is 0 Å². The largest absolute Gasteiger partial charge is 0.302 e. The van der Waals surface area contributed by atoms with Crippen LogP contribution in [0, 0.1) is 10.1 Å². The minimum Gasteiger partial charge on any atom is -0.302 e. The van der Waals surface area contributed by atoms with E-state index < -0.39 is 20.0 Å². The number of carbonyl (C=O) groups excluding carboxylic acids is 1. The number of rotatable bonds is 7. The molecule has 30 heavy (non-hydrogen) atoms. The number of benzene rings is 2. The zero-order valence-electron chi connectivity index (χ0n) is 16.2. The van der Waals surface area contributed by atoms with Gasteiger partial charge in [0.05, 0.1) is 27.2 Å². The van der Waals surface area contributed by atoms with Gasteiger partial charge in [0.2, 0.25) is 5.91 Å². The molecule has 8 nitrogen and oxygen atoms in total. The summed E-state index contributed by atoms with van der Waals surface area (Å²) >= 11 is 1.25. The number of non-ortho nitro benzene ring substituents is 1. The third-order valence-corrected chi connectivity index (χ3v) is 7.29. The van der Waals surface area contributed by atoms with Crippen LogP contribution in [0.4, 0.5) is 10.8 Å². The predicted octanol–water partition coefficient (Wildman–Crippen LogP) is 4.08.